The lowest BCUT2D eigenvalue weighted by Gasteiger charge is -2.36. The Labute approximate surface area is 104 Å². The van der Waals surface area contributed by atoms with Gasteiger partial charge in [0.1, 0.15) is 5.75 Å². The van der Waals surface area contributed by atoms with Crippen LogP contribution < -0.4 is 4.74 Å². The normalized spacial score (nSPS) is 11.4. The summed E-state index contributed by atoms with van der Waals surface area (Å²) in [7, 11) is -1.71. The summed E-state index contributed by atoms with van der Waals surface area (Å²) >= 11 is 0. The van der Waals surface area contributed by atoms with E-state index in [0.29, 0.717) is 5.75 Å². The number of benzene rings is 1. The largest absolute Gasteiger partial charge is 0.411 e. The van der Waals surface area contributed by atoms with Gasteiger partial charge in [-0.3, -0.25) is 0 Å². The van der Waals surface area contributed by atoms with Crippen LogP contribution in [0, 0.1) is 0 Å². The van der Waals surface area contributed by atoms with Gasteiger partial charge in [-0.25, -0.2) is 4.79 Å². The van der Waals surface area contributed by atoms with E-state index in [9.17, 15) is 4.79 Å². The molecule has 0 radical (unpaired) electrons. The molecule has 1 amide bonds. The van der Waals surface area contributed by atoms with Crippen molar-refractivity contribution in [2.45, 2.75) is 39.5 Å². The predicted octanol–water partition coefficient (Wildman–Crippen LogP) is 3.73. The number of carbonyl (C=O) groups is 1. The highest BCUT2D eigenvalue weighted by Gasteiger charge is 2.32. The molecule has 17 heavy (non-hydrogen) atoms. The first-order chi connectivity index (χ1) is 7.82. The molecule has 0 aliphatic heterocycles. The summed E-state index contributed by atoms with van der Waals surface area (Å²) in [5, 5.41) is 0. The number of amides is 1. The Morgan fingerprint density at radius 3 is 2.12 bits per heavy atom. The Hall–Kier alpha value is -1.29. The lowest BCUT2D eigenvalue weighted by molar-refractivity contribution is 0.169. The van der Waals surface area contributed by atoms with Crippen molar-refractivity contribution in [2.75, 3.05) is 0 Å². The standard InChI is InChI=1S/C13H21NO2Si/c1-11(2)14(17(3,4)5)13(15)16-12-9-7-6-8-10-12/h6-11H,1-5H3. The van der Waals surface area contributed by atoms with E-state index >= 15 is 0 Å². The van der Waals surface area contributed by atoms with Crippen LogP contribution in [0.15, 0.2) is 30.3 Å². The highest BCUT2D eigenvalue weighted by Crippen LogP contribution is 2.17. The average Bonchev–Trinajstić information content (AvgIpc) is 2.15. The summed E-state index contributed by atoms with van der Waals surface area (Å²) in [5.74, 6) is 0.599. The molecule has 0 fully saturated rings. The van der Waals surface area contributed by atoms with Crippen molar-refractivity contribution < 1.29 is 9.53 Å². The molecule has 0 aliphatic rings. The predicted molar refractivity (Wildman–Crippen MR) is 72.8 cm³/mol. The fraction of sp³-hybridized carbons (Fsp3) is 0.462. The van der Waals surface area contributed by atoms with Crippen molar-refractivity contribution in [3.05, 3.63) is 30.3 Å². The third-order valence-electron chi connectivity index (χ3n) is 2.38. The lowest BCUT2D eigenvalue weighted by atomic mass is 10.3. The minimum absolute atomic E-state index is 0.165. The van der Waals surface area contributed by atoms with Gasteiger partial charge in [-0.2, -0.15) is 0 Å². The summed E-state index contributed by atoms with van der Waals surface area (Å²) in [6.07, 6.45) is -0.245. The topological polar surface area (TPSA) is 29.5 Å². The van der Waals surface area contributed by atoms with Gasteiger partial charge in [0.05, 0.1) is 0 Å². The monoisotopic (exact) mass is 251 g/mol. The Bertz CT molecular complexity index is 371. The van der Waals surface area contributed by atoms with Crippen LogP contribution in [0.5, 0.6) is 5.75 Å². The number of para-hydroxylation sites is 1. The first-order valence-electron chi connectivity index (χ1n) is 5.88. The van der Waals surface area contributed by atoms with Gasteiger partial charge in [0.2, 0.25) is 0 Å². The van der Waals surface area contributed by atoms with Crippen LogP contribution in [0.25, 0.3) is 0 Å². The first kappa shape index (κ1) is 13.8. The molecule has 0 unspecified atom stereocenters. The summed E-state index contributed by atoms with van der Waals surface area (Å²) in [4.78, 5) is 12.1. The van der Waals surface area contributed by atoms with Crippen LogP contribution in [-0.2, 0) is 0 Å². The van der Waals surface area contributed by atoms with Gasteiger partial charge in [0.25, 0.3) is 0 Å². The van der Waals surface area contributed by atoms with Crippen molar-refractivity contribution in [1.29, 1.82) is 0 Å². The molecule has 0 aromatic heterocycles. The second-order valence-electron chi connectivity index (χ2n) is 5.32. The lowest BCUT2D eigenvalue weighted by Crippen LogP contribution is -2.54. The maximum absolute atomic E-state index is 12.1. The summed E-state index contributed by atoms with van der Waals surface area (Å²) in [5.41, 5.74) is 0. The zero-order valence-corrected chi connectivity index (χ0v) is 12.2. The van der Waals surface area contributed by atoms with E-state index in [1.165, 1.54) is 0 Å². The summed E-state index contributed by atoms with van der Waals surface area (Å²) < 4.78 is 7.26. The number of ether oxygens (including phenoxy) is 1. The summed E-state index contributed by atoms with van der Waals surface area (Å²) in [6, 6.07) is 9.36. The minimum Gasteiger partial charge on any atom is -0.411 e. The second-order valence-corrected chi connectivity index (χ2v) is 10.1. The van der Waals surface area contributed by atoms with Crippen LogP contribution >= 0.6 is 0 Å². The molecule has 0 atom stereocenters. The molecule has 1 aromatic rings. The number of hydrogen-bond acceptors (Lipinski definition) is 2. The van der Waals surface area contributed by atoms with E-state index in [0.717, 1.165) is 0 Å². The first-order valence-corrected chi connectivity index (χ1v) is 9.33. The van der Waals surface area contributed by atoms with Crippen molar-refractivity contribution in [3.63, 3.8) is 0 Å². The molecule has 0 bridgehead atoms. The molecule has 3 nitrogen and oxygen atoms in total. The maximum Gasteiger partial charge on any atom is 0.407 e. The Kier molecular flexibility index (Phi) is 4.34. The third kappa shape index (κ3) is 3.89. The molecule has 94 valence electrons. The molecule has 0 heterocycles. The molecule has 0 spiro atoms. The number of carbonyl (C=O) groups excluding carboxylic acids is 1. The number of hydrogen-bond donors (Lipinski definition) is 0. The van der Waals surface area contributed by atoms with Gasteiger partial charge in [-0.1, -0.05) is 37.8 Å². The maximum atomic E-state index is 12.1. The number of rotatable bonds is 3. The SMILES string of the molecule is CC(C)N(C(=O)Oc1ccccc1)[Si](C)(C)C. The molecule has 0 saturated heterocycles. The average molecular weight is 251 g/mol. The molecule has 0 N–H and O–H groups in total. The Morgan fingerprint density at radius 2 is 1.71 bits per heavy atom. The third-order valence-corrected chi connectivity index (χ3v) is 4.53. The minimum atomic E-state index is -1.71. The highest BCUT2D eigenvalue weighted by atomic mass is 28.3. The van der Waals surface area contributed by atoms with Crippen LogP contribution in [0.2, 0.25) is 19.6 Å². The van der Waals surface area contributed by atoms with E-state index in [-0.39, 0.29) is 12.1 Å². The fourth-order valence-electron chi connectivity index (χ4n) is 1.90. The van der Waals surface area contributed by atoms with Gasteiger partial charge in [0, 0.05) is 6.04 Å². The van der Waals surface area contributed by atoms with Crippen LogP contribution in [0.4, 0.5) is 4.79 Å². The molecule has 0 aliphatic carbocycles. The molecule has 0 saturated carbocycles. The second kappa shape index (κ2) is 5.36. The van der Waals surface area contributed by atoms with Crippen molar-refractivity contribution in [3.8, 4) is 5.75 Å². The zero-order valence-electron chi connectivity index (χ0n) is 11.2. The quantitative estimate of drug-likeness (QED) is 0.766. The van der Waals surface area contributed by atoms with Crippen molar-refractivity contribution in [2.24, 2.45) is 0 Å². The Balaban J connectivity index is 2.81. The molecule has 4 heteroatoms. The van der Waals surface area contributed by atoms with Gasteiger partial charge < -0.3 is 9.30 Å². The fourth-order valence-corrected chi connectivity index (χ4v) is 4.04. The van der Waals surface area contributed by atoms with Crippen LogP contribution in [-0.4, -0.2) is 24.9 Å². The van der Waals surface area contributed by atoms with E-state index in [4.69, 9.17) is 4.74 Å². The van der Waals surface area contributed by atoms with Crippen LogP contribution in [0.1, 0.15) is 13.8 Å². The van der Waals surface area contributed by atoms with Crippen molar-refractivity contribution >= 4 is 14.3 Å². The van der Waals surface area contributed by atoms with E-state index in [1.807, 2.05) is 36.6 Å². The molecule has 1 rings (SSSR count). The van der Waals surface area contributed by atoms with E-state index in [2.05, 4.69) is 19.6 Å². The number of nitrogens with zero attached hydrogens (tertiary/aromatic N) is 1. The van der Waals surface area contributed by atoms with E-state index in [1.54, 1.807) is 12.1 Å². The van der Waals surface area contributed by atoms with Gasteiger partial charge in [-0.15, -0.1) is 0 Å². The molecular formula is C13H21NO2Si. The van der Waals surface area contributed by atoms with E-state index < -0.39 is 8.24 Å². The van der Waals surface area contributed by atoms with Gasteiger partial charge in [0.15, 0.2) is 8.24 Å². The highest BCUT2D eigenvalue weighted by molar-refractivity contribution is 6.75. The molecular weight excluding hydrogens is 230 g/mol. The van der Waals surface area contributed by atoms with Crippen LogP contribution in [0.3, 0.4) is 0 Å². The summed E-state index contributed by atoms with van der Waals surface area (Å²) in [6.45, 7) is 10.5. The Morgan fingerprint density at radius 1 is 1.18 bits per heavy atom. The van der Waals surface area contributed by atoms with Gasteiger partial charge >= 0.3 is 6.09 Å². The molecule has 1 aromatic carbocycles. The zero-order chi connectivity index (χ0) is 13.1. The smallest absolute Gasteiger partial charge is 0.407 e. The van der Waals surface area contributed by atoms with Gasteiger partial charge in [-0.05, 0) is 26.0 Å². The van der Waals surface area contributed by atoms with Crippen molar-refractivity contribution in [1.82, 2.24) is 4.57 Å².